The van der Waals surface area contributed by atoms with E-state index in [9.17, 15) is 4.79 Å². The normalized spacial score (nSPS) is 39.1. The van der Waals surface area contributed by atoms with E-state index in [0.29, 0.717) is 5.92 Å². The molecule has 3 atom stereocenters. The van der Waals surface area contributed by atoms with Gasteiger partial charge >= 0.3 is 0 Å². The van der Waals surface area contributed by atoms with Crippen LogP contribution in [0.5, 0.6) is 0 Å². The molecule has 0 N–H and O–H groups in total. The van der Waals surface area contributed by atoms with Gasteiger partial charge in [-0.3, -0.25) is 0 Å². The van der Waals surface area contributed by atoms with E-state index in [0.717, 1.165) is 12.0 Å². The Morgan fingerprint density at radius 2 is 1.74 bits per heavy atom. The predicted octanol–water partition coefficient (Wildman–Crippen LogP) is 3.98. The molecule has 2 aliphatic carbocycles. The molecule has 0 aromatic heterocycles. The van der Waals surface area contributed by atoms with Crippen LogP contribution in [-0.2, 0) is 9.53 Å². The zero-order chi connectivity index (χ0) is 14.6. The van der Waals surface area contributed by atoms with Crippen LogP contribution in [-0.4, -0.2) is 13.4 Å². The second kappa shape index (κ2) is 3.97. The van der Waals surface area contributed by atoms with E-state index in [4.69, 9.17) is 4.74 Å². The molecule has 0 heterocycles. The lowest BCUT2D eigenvalue weighted by atomic mass is 9.71. The summed E-state index contributed by atoms with van der Waals surface area (Å²) in [7, 11) is 1.71. The number of carbonyl (C=O) groups is 1. The summed E-state index contributed by atoms with van der Waals surface area (Å²) >= 11 is 0. The second-order valence-electron chi connectivity index (χ2n) is 7.53. The lowest BCUT2D eigenvalue weighted by Gasteiger charge is -2.35. The average Bonchev–Trinajstić information content (AvgIpc) is 2.48. The van der Waals surface area contributed by atoms with Gasteiger partial charge in [-0.1, -0.05) is 46.3 Å². The Labute approximate surface area is 116 Å². The van der Waals surface area contributed by atoms with Gasteiger partial charge in [-0.25, -0.2) is 0 Å². The highest BCUT2D eigenvalue weighted by atomic mass is 16.5. The van der Waals surface area contributed by atoms with Crippen LogP contribution in [0.4, 0.5) is 0 Å². The van der Waals surface area contributed by atoms with Gasteiger partial charge in [0.1, 0.15) is 12.0 Å². The number of fused-ring (bicyclic) bond motifs is 1. The monoisotopic (exact) mass is 262 g/mol. The van der Waals surface area contributed by atoms with E-state index in [-0.39, 0.29) is 16.7 Å². The average molecular weight is 262 g/mol. The van der Waals surface area contributed by atoms with E-state index in [2.05, 4.69) is 40.7 Å². The van der Waals surface area contributed by atoms with Crippen LogP contribution in [0, 0.1) is 28.1 Å². The maximum Gasteiger partial charge on any atom is 0.133 e. The SMILES string of the molecule is COC1=CC(C)(C=O)C=C2C1C(C)(C)C(C)C2(C)C. The molecule has 2 aliphatic rings. The zero-order valence-corrected chi connectivity index (χ0v) is 13.2. The molecule has 0 aliphatic heterocycles. The molecule has 106 valence electrons. The van der Waals surface area contributed by atoms with Crippen LogP contribution >= 0.6 is 0 Å². The first-order valence-electron chi connectivity index (χ1n) is 7.06. The molecule has 0 radical (unpaired) electrons. The summed E-state index contributed by atoms with van der Waals surface area (Å²) in [6.45, 7) is 13.5. The van der Waals surface area contributed by atoms with Crippen molar-refractivity contribution in [3.8, 4) is 0 Å². The molecule has 1 fully saturated rings. The van der Waals surface area contributed by atoms with Crippen molar-refractivity contribution < 1.29 is 9.53 Å². The number of hydrogen-bond acceptors (Lipinski definition) is 2. The summed E-state index contributed by atoms with van der Waals surface area (Å²) in [6, 6.07) is 0. The molecule has 0 saturated heterocycles. The van der Waals surface area contributed by atoms with E-state index >= 15 is 0 Å². The van der Waals surface area contributed by atoms with Crippen LogP contribution in [0.1, 0.15) is 41.5 Å². The molecule has 0 bridgehead atoms. The van der Waals surface area contributed by atoms with Gasteiger partial charge in [-0.15, -0.1) is 0 Å². The van der Waals surface area contributed by atoms with Crippen molar-refractivity contribution in [3.63, 3.8) is 0 Å². The summed E-state index contributed by atoms with van der Waals surface area (Å²) in [6.07, 6.45) is 5.17. The second-order valence-corrected chi connectivity index (χ2v) is 7.53. The third-order valence-electron chi connectivity index (χ3n) is 5.69. The van der Waals surface area contributed by atoms with E-state index < -0.39 is 5.41 Å². The molecule has 1 saturated carbocycles. The maximum absolute atomic E-state index is 11.4. The summed E-state index contributed by atoms with van der Waals surface area (Å²) in [5.41, 5.74) is 1.06. The van der Waals surface area contributed by atoms with Crippen LogP contribution in [0.3, 0.4) is 0 Å². The summed E-state index contributed by atoms with van der Waals surface area (Å²) in [5, 5.41) is 0. The fourth-order valence-corrected chi connectivity index (χ4v) is 4.00. The third kappa shape index (κ3) is 1.79. The van der Waals surface area contributed by atoms with Gasteiger partial charge < -0.3 is 9.53 Å². The Morgan fingerprint density at radius 1 is 1.16 bits per heavy atom. The number of carbonyl (C=O) groups excluding carboxylic acids is 1. The van der Waals surface area contributed by atoms with Gasteiger partial charge in [0.25, 0.3) is 0 Å². The predicted molar refractivity (Wildman–Crippen MR) is 77.6 cm³/mol. The molecule has 3 unspecified atom stereocenters. The van der Waals surface area contributed by atoms with Crippen molar-refractivity contribution in [2.24, 2.45) is 28.1 Å². The largest absolute Gasteiger partial charge is 0.501 e. The van der Waals surface area contributed by atoms with Gasteiger partial charge in [0.05, 0.1) is 12.5 Å². The van der Waals surface area contributed by atoms with E-state index in [1.165, 1.54) is 5.57 Å². The van der Waals surface area contributed by atoms with Crippen LogP contribution < -0.4 is 0 Å². The molecule has 2 nitrogen and oxygen atoms in total. The minimum atomic E-state index is -0.533. The smallest absolute Gasteiger partial charge is 0.133 e. The minimum Gasteiger partial charge on any atom is -0.501 e. The van der Waals surface area contributed by atoms with Gasteiger partial charge in [0, 0.05) is 5.92 Å². The Bertz CT molecular complexity index is 468. The van der Waals surface area contributed by atoms with E-state index in [1.54, 1.807) is 7.11 Å². The number of ether oxygens (including phenoxy) is 1. The van der Waals surface area contributed by atoms with Crippen molar-refractivity contribution in [1.29, 1.82) is 0 Å². The highest BCUT2D eigenvalue weighted by Gasteiger charge is 2.57. The van der Waals surface area contributed by atoms with Crippen LogP contribution in [0.2, 0.25) is 0 Å². The topological polar surface area (TPSA) is 26.3 Å². The first kappa shape index (κ1) is 14.4. The first-order valence-corrected chi connectivity index (χ1v) is 7.06. The summed E-state index contributed by atoms with van der Waals surface area (Å²) in [4.78, 5) is 11.4. The number of methoxy groups -OCH3 is 1. The third-order valence-corrected chi connectivity index (χ3v) is 5.69. The number of aldehydes is 1. The van der Waals surface area contributed by atoms with Crippen LogP contribution in [0.15, 0.2) is 23.5 Å². The number of allylic oxidation sites excluding steroid dienone is 3. The summed E-state index contributed by atoms with van der Waals surface area (Å²) in [5.74, 6) is 1.77. The van der Waals surface area contributed by atoms with Gasteiger partial charge in [-0.05, 0) is 29.7 Å². The van der Waals surface area contributed by atoms with Crippen molar-refractivity contribution in [2.45, 2.75) is 41.5 Å². The number of hydrogen-bond donors (Lipinski definition) is 0. The zero-order valence-electron chi connectivity index (χ0n) is 13.2. The van der Waals surface area contributed by atoms with Gasteiger partial charge in [0.2, 0.25) is 0 Å². The molecule has 2 heteroatoms. The lowest BCUT2D eigenvalue weighted by molar-refractivity contribution is -0.112. The maximum atomic E-state index is 11.4. The fraction of sp³-hybridized carbons (Fsp3) is 0.706. The Morgan fingerprint density at radius 3 is 2.21 bits per heavy atom. The molecule has 0 aromatic rings. The Hall–Kier alpha value is -1.05. The van der Waals surface area contributed by atoms with Crippen molar-refractivity contribution >= 4 is 6.29 Å². The Balaban J connectivity index is 2.66. The first-order chi connectivity index (χ1) is 8.60. The molecular formula is C17H26O2. The van der Waals surface area contributed by atoms with Gasteiger partial charge in [-0.2, -0.15) is 0 Å². The standard InChI is InChI=1S/C17H26O2/c1-11-15(2,3)12-8-17(6,10-18)9-13(19-7)14(12)16(11,4)5/h8-11,14H,1-7H3. The summed E-state index contributed by atoms with van der Waals surface area (Å²) < 4.78 is 5.64. The quantitative estimate of drug-likeness (QED) is 0.556. The minimum absolute atomic E-state index is 0.0937. The van der Waals surface area contributed by atoms with Crippen molar-refractivity contribution in [3.05, 3.63) is 23.5 Å². The van der Waals surface area contributed by atoms with Crippen molar-refractivity contribution in [1.82, 2.24) is 0 Å². The van der Waals surface area contributed by atoms with Gasteiger partial charge in [0.15, 0.2) is 0 Å². The molecule has 19 heavy (non-hydrogen) atoms. The van der Waals surface area contributed by atoms with E-state index in [1.807, 2.05) is 13.0 Å². The van der Waals surface area contributed by atoms with Crippen LogP contribution in [0.25, 0.3) is 0 Å². The molecule has 0 aromatic carbocycles. The molecule has 0 amide bonds. The highest BCUT2D eigenvalue weighted by molar-refractivity contribution is 5.68. The van der Waals surface area contributed by atoms with Crippen molar-refractivity contribution in [2.75, 3.05) is 7.11 Å². The Kier molecular flexibility index (Phi) is 3.00. The molecule has 0 spiro atoms. The molecular weight excluding hydrogens is 236 g/mol. The lowest BCUT2D eigenvalue weighted by Crippen LogP contribution is -2.30. The molecule has 2 rings (SSSR count). The fourth-order valence-electron chi connectivity index (χ4n) is 4.00. The highest BCUT2D eigenvalue weighted by Crippen LogP contribution is 2.64. The number of rotatable bonds is 2.